The zero-order chi connectivity index (χ0) is 9.10. The highest BCUT2D eigenvalue weighted by atomic mass is 35.5. The average molecular weight is 213 g/mol. The molecule has 1 aliphatic heterocycles. The Kier molecular flexibility index (Phi) is 4.39. The highest BCUT2D eigenvalue weighted by Gasteiger charge is 2.12. The van der Waals surface area contributed by atoms with Crippen LogP contribution in [0.25, 0.3) is 0 Å². The fourth-order valence-corrected chi connectivity index (χ4v) is 1.69. The Balaban J connectivity index is 0.000000980. The summed E-state index contributed by atoms with van der Waals surface area (Å²) < 4.78 is 0. The molecule has 1 heterocycles. The smallest absolute Gasteiger partial charge is 0.0447 e. The van der Waals surface area contributed by atoms with E-state index in [1.165, 1.54) is 11.1 Å². The third kappa shape index (κ3) is 2.71. The van der Waals surface area contributed by atoms with Gasteiger partial charge in [0, 0.05) is 25.7 Å². The van der Waals surface area contributed by atoms with E-state index >= 15 is 0 Å². The van der Waals surface area contributed by atoms with Crippen molar-refractivity contribution in [3.63, 3.8) is 0 Å². The Morgan fingerprint density at radius 2 is 1.86 bits per heavy atom. The molecule has 1 saturated heterocycles. The lowest BCUT2D eigenvalue weighted by molar-refractivity contribution is 0.430. The maximum Gasteiger partial charge on any atom is 0.0447 e. The van der Waals surface area contributed by atoms with Crippen LogP contribution in [0.4, 0.5) is 0 Å². The Hall–Kier alpha value is -0.570. The molecule has 0 radical (unpaired) electrons. The van der Waals surface area contributed by atoms with Gasteiger partial charge < -0.3 is 10.6 Å². The van der Waals surface area contributed by atoms with Crippen LogP contribution in [0.3, 0.4) is 0 Å². The maximum absolute atomic E-state index is 3.49. The molecule has 78 valence electrons. The molecule has 1 aromatic carbocycles. The van der Waals surface area contributed by atoms with Crippen LogP contribution < -0.4 is 10.6 Å². The highest BCUT2D eigenvalue weighted by Crippen LogP contribution is 2.13. The summed E-state index contributed by atoms with van der Waals surface area (Å²) in [5, 5.41) is 6.88. The van der Waals surface area contributed by atoms with E-state index in [0.717, 1.165) is 19.6 Å². The number of hydrogen-bond donors (Lipinski definition) is 2. The molecule has 0 aromatic heterocycles. The minimum Gasteiger partial charge on any atom is -0.314 e. The standard InChI is InChI=1S/C11H16N2.ClH/c1-9-2-4-10(5-3-9)11-8-12-6-7-13-11;/h2-5,11-13H,6-8H2,1H3;1H. The number of piperazine rings is 1. The topological polar surface area (TPSA) is 24.1 Å². The van der Waals surface area contributed by atoms with Gasteiger partial charge >= 0.3 is 0 Å². The molecule has 0 aliphatic carbocycles. The molecule has 0 amide bonds. The summed E-state index contributed by atoms with van der Waals surface area (Å²) in [7, 11) is 0. The highest BCUT2D eigenvalue weighted by molar-refractivity contribution is 5.85. The van der Waals surface area contributed by atoms with Gasteiger partial charge in [-0.3, -0.25) is 0 Å². The van der Waals surface area contributed by atoms with Gasteiger partial charge in [0.1, 0.15) is 0 Å². The van der Waals surface area contributed by atoms with Gasteiger partial charge in [-0.15, -0.1) is 12.4 Å². The zero-order valence-corrected chi connectivity index (χ0v) is 9.23. The summed E-state index contributed by atoms with van der Waals surface area (Å²) in [6, 6.07) is 9.26. The molecule has 2 rings (SSSR count). The molecule has 1 unspecified atom stereocenters. The lowest BCUT2D eigenvalue weighted by atomic mass is 10.0. The predicted molar refractivity (Wildman–Crippen MR) is 62.0 cm³/mol. The molecule has 0 saturated carbocycles. The second-order valence-corrected chi connectivity index (χ2v) is 3.62. The van der Waals surface area contributed by atoms with Crippen LogP contribution >= 0.6 is 12.4 Å². The molecule has 1 atom stereocenters. The normalized spacial score (nSPS) is 21.4. The third-order valence-corrected chi connectivity index (χ3v) is 2.52. The van der Waals surface area contributed by atoms with E-state index in [1.807, 2.05) is 0 Å². The molecule has 0 bridgehead atoms. The lowest BCUT2D eigenvalue weighted by Crippen LogP contribution is -2.42. The van der Waals surface area contributed by atoms with Crippen molar-refractivity contribution in [1.82, 2.24) is 10.6 Å². The van der Waals surface area contributed by atoms with Gasteiger partial charge in [0.25, 0.3) is 0 Å². The Bertz CT molecular complexity index is 265. The molecular weight excluding hydrogens is 196 g/mol. The summed E-state index contributed by atoms with van der Waals surface area (Å²) >= 11 is 0. The molecule has 0 spiro atoms. The van der Waals surface area contributed by atoms with Crippen molar-refractivity contribution in [2.45, 2.75) is 13.0 Å². The molecule has 1 fully saturated rings. The number of rotatable bonds is 1. The van der Waals surface area contributed by atoms with Crippen molar-refractivity contribution in [3.8, 4) is 0 Å². The SMILES string of the molecule is Cc1ccc(C2CNCCN2)cc1.Cl. The average Bonchev–Trinajstić information content (AvgIpc) is 2.20. The van der Waals surface area contributed by atoms with Crippen LogP contribution in [0, 0.1) is 6.92 Å². The molecular formula is C11H17ClN2. The van der Waals surface area contributed by atoms with Gasteiger partial charge in [-0.1, -0.05) is 29.8 Å². The van der Waals surface area contributed by atoms with E-state index in [4.69, 9.17) is 0 Å². The Morgan fingerprint density at radius 3 is 2.43 bits per heavy atom. The minimum atomic E-state index is 0. The Labute approximate surface area is 91.5 Å². The number of benzene rings is 1. The molecule has 2 nitrogen and oxygen atoms in total. The second-order valence-electron chi connectivity index (χ2n) is 3.62. The second kappa shape index (κ2) is 5.35. The van der Waals surface area contributed by atoms with Gasteiger partial charge in [-0.25, -0.2) is 0 Å². The number of nitrogens with one attached hydrogen (secondary N) is 2. The number of halogens is 1. The van der Waals surface area contributed by atoms with Crippen LogP contribution in [0.1, 0.15) is 17.2 Å². The Morgan fingerprint density at radius 1 is 1.14 bits per heavy atom. The summed E-state index contributed by atoms with van der Waals surface area (Å²) in [5.41, 5.74) is 2.71. The van der Waals surface area contributed by atoms with Gasteiger partial charge in [0.15, 0.2) is 0 Å². The first-order chi connectivity index (χ1) is 6.36. The lowest BCUT2D eigenvalue weighted by Gasteiger charge is -2.24. The first-order valence-corrected chi connectivity index (χ1v) is 4.87. The van der Waals surface area contributed by atoms with Crippen LogP contribution in [-0.2, 0) is 0 Å². The van der Waals surface area contributed by atoms with E-state index in [2.05, 4.69) is 41.8 Å². The van der Waals surface area contributed by atoms with Gasteiger partial charge in [-0.2, -0.15) is 0 Å². The van der Waals surface area contributed by atoms with E-state index < -0.39 is 0 Å². The quantitative estimate of drug-likeness (QED) is 0.740. The first kappa shape index (κ1) is 11.5. The molecule has 1 aromatic rings. The van der Waals surface area contributed by atoms with Crippen molar-refractivity contribution in [2.75, 3.05) is 19.6 Å². The molecule has 2 N–H and O–H groups in total. The van der Waals surface area contributed by atoms with E-state index in [9.17, 15) is 0 Å². The first-order valence-electron chi connectivity index (χ1n) is 4.87. The van der Waals surface area contributed by atoms with Crippen LogP contribution in [-0.4, -0.2) is 19.6 Å². The van der Waals surface area contributed by atoms with Crippen LogP contribution in [0.15, 0.2) is 24.3 Å². The zero-order valence-electron chi connectivity index (χ0n) is 8.42. The molecule has 14 heavy (non-hydrogen) atoms. The van der Waals surface area contributed by atoms with Crippen molar-refractivity contribution in [2.24, 2.45) is 0 Å². The monoisotopic (exact) mass is 212 g/mol. The van der Waals surface area contributed by atoms with Gasteiger partial charge in [0.2, 0.25) is 0 Å². The van der Waals surface area contributed by atoms with E-state index in [-0.39, 0.29) is 12.4 Å². The van der Waals surface area contributed by atoms with Crippen LogP contribution in [0.2, 0.25) is 0 Å². The fraction of sp³-hybridized carbons (Fsp3) is 0.455. The molecule has 1 aliphatic rings. The van der Waals surface area contributed by atoms with Crippen molar-refractivity contribution < 1.29 is 0 Å². The summed E-state index contributed by atoms with van der Waals surface area (Å²) in [4.78, 5) is 0. The summed E-state index contributed by atoms with van der Waals surface area (Å²) in [6.07, 6.45) is 0. The third-order valence-electron chi connectivity index (χ3n) is 2.52. The summed E-state index contributed by atoms with van der Waals surface area (Å²) in [5.74, 6) is 0. The number of hydrogen-bond acceptors (Lipinski definition) is 2. The number of aryl methyl sites for hydroxylation is 1. The summed E-state index contributed by atoms with van der Waals surface area (Å²) in [6.45, 7) is 5.32. The van der Waals surface area contributed by atoms with E-state index in [1.54, 1.807) is 0 Å². The van der Waals surface area contributed by atoms with Crippen LogP contribution in [0.5, 0.6) is 0 Å². The minimum absolute atomic E-state index is 0. The van der Waals surface area contributed by atoms with Crippen molar-refractivity contribution in [3.05, 3.63) is 35.4 Å². The van der Waals surface area contributed by atoms with Gasteiger partial charge in [0.05, 0.1) is 0 Å². The van der Waals surface area contributed by atoms with E-state index in [0.29, 0.717) is 6.04 Å². The van der Waals surface area contributed by atoms with Crippen molar-refractivity contribution >= 4 is 12.4 Å². The van der Waals surface area contributed by atoms with Gasteiger partial charge in [-0.05, 0) is 12.5 Å². The predicted octanol–water partition coefficient (Wildman–Crippen LogP) is 1.65. The van der Waals surface area contributed by atoms with Crippen molar-refractivity contribution in [1.29, 1.82) is 0 Å². The molecule has 3 heteroatoms. The maximum atomic E-state index is 3.49. The fourth-order valence-electron chi connectivity index (χ4n) is 1.69. The largest absolute Gasteiger partial charge is 0.314 e.